The van der Waals surface area contributed by atoms with Crippen LogP contribution in [-0.4, -0.2) is 46.5 Å². The van der Waals surface area contributed by atoms with Gasteiger partial charge in [0.2, 0.25) is 5.89 Å². The number of aryl methyl sites for hydroxylation is 1. The molecule has 0 saturated carbocycles. The summed E-state index contributed by atoms with van der Waals surface area (Å²) < 4.78 is 12.7. The summed E-state index contributed by atoms with van der Waals surface area (Å²) in [6.45, 7) is 15.2. The summed E-state index contributed by atoms with van der Waals surface area (Å²) in [5.74, 6) is 1.49. The highest BCUT2D eigenvalue weighted by Crippen LogP contribution is 2.41. The van der Waals surface area contributed by atoms with E-state index in [0.29, 0.717) is 31.1 Å². The molecule has 0 amide bonds. The van der Waals surface area contributed by atoms with E-state index >= 15 is 0 Å². The Bertz CT molecular complexity index is 1290. The molecule has 1 N–H and O–H groups in total. The standard InChI is InChI=1S/C29H39N3O6/c1-28(2,3)22-15-20(16-23(25(22)33)29(4,5)6)26-30-32(27(34)37-26)12-8-11-31(7)13-14-35-21-10-9-19-18-36-38-24(19)17-21/h9-10,15-17,33H,8,11-14,18H2,1-7H3. The zero-order valence-electron chi connectivity index (χ0n) is 23.5. The van der Waals surface area contributed by atoms with Gasteiger partial charge in [-0.05, 0) is 55.1 Å². The molecule has 1 aliphatic rings. The van der Waals surface area contributed by atoms with Gasteiger partial charge in [0.25, 0.3) is 0 Å². The van der Waals surface area contributed by atoms with Crippen LogP contribution in [0.5, 0.6) is 17.2 Å². The van der Waals surface area contributed by atoms with E-state index in [-0.39, 0.29) is 22.5 Å². The van der Waals surface area contributed by atoms with E-state index in [1.165, 1.54) is 4.68 Å². The van der Waals surface area contributed by atoms with Gasteiger partial charge < -0.3 is 24.0 Å². The molecule has 1 aliphatic heterocycles. The van der Waals surface area contributed by atoms with Crippen molar-refractivity contribution in [2.45, 2.75) is 71.9 Å². The number of fused-ring (bicyclic) bond motifs is 1. The van der Waals surface area contributed by atoms with Crippen molar-refractivity contribution < 1.29 is 24.0 Å². The fourth-order valence-corrected chi connectivity index (χ4v) is 4.37. The summed E-state index contributed by atoms with van der Waals surface area (Å²) in [7, 11) is 2.01. The summed E-state index contributed by atoms with van der Waals surface area (Å²) in [6.07, 6.45) is 0.725. The molecule has 0 radical (unpaired) electrons. The second-order valence-electron chi connectivity index (χ2n) is 11.9. The maximum Gasteiger partial charge on any atom is 0.437 e. The second kappa shape index (κ2) is 10.8. The first-order valence-electron chi connectivity index (χ1n) is 13.0. The van der Waals surface area contributed by atoms with Gasteiger partial charge in [-0.25, -0.2) is 4.79 Å². The molecule has 0 spiro atoms. The summed E-state index contributed by atoms with van der Waals surface area (Å²) in [6, 6.07) is 9.42. The van der Waals surface area contributed by atoms with Crippen molar-refractivity contribution in [3.8, 4) is 28.7 Å². The molecule has 1 aromatic heterocycles. The van der Waals surface area contributed by atoms with Crippen LogP contribution in [0, 0.1) is 0 Å². The number of ether oxygens (including phenoxy) is 1. The van der Waals surface area contributed by atoms with Crippen LogP contribution in [0.2, 0.25) is 0 Å². The Morgan fingerprint density at radius 3 is 2.39 bits per heavy atom. The average Bonchev–Trinajstić information content (AvgIpc) is 3.44. The maximum absolute atomic E-state index is 12.6. The molecule has 4 rings (SSSR count). The lowest BCUT2D eigenvalue weighted by Crippen LogP contribution is -2.27. The number of benzene rings is 2. The molecule has 0 bridgehead atoms. The van der Waals surface area contributed by atoms with E-state index in [1.807, 2.05) is 78.9 Å². The Labute approximate surface area is 223 Å². The van der Waals surface area contributed by atoms with Crippen molar-refractivity contribution in [3.63, 3.8) is 0 Å². The lowest BCUT2D eigenvalue weighted by atomic mass is 9.78. The quantitative estimate of drug-likeness (QED) is 0.389. The number of aromatic nitrogens is 2. The number of phenols is 1. The molecule has 38 heavy (non-hydrogen) atoms. The lowest BCUT2D eigenvalue weighted by Gasteiger charge is -2.27. The number of phenolic OH excluding ortho intramolecular Hbond substituents is 1. The van der Waals surface area contributed by atoms with Gasteiger partial charge in [0.15, 0.2) is 5.75 Å². The fraction of sp³-hybridized carbons (Fsp3) is 0.517. The van der Waals surface area contributed by atoms with Crippen molar-refractivity contribution in [3.05, 3.63) is 57.6 Å². The number of hydrogen-bond donors (Lipinski definition) is 1. The molecule has 0 aliphatic carbocycles. The molecule has 206 valence electrons. The summed E-state index contributed by atoms with van der Waals surface area (Å²) in [5, 5.41) is 15.5. The first-order chi connectivity index (χ1) is 17.8. The van der Waals surface area contributed by atoms with Gasteiger partial charge >= 0.3 is 5.76 Å². The van der Waals surface area contributed by atoms with Crippen LogP contribution in [-0.2, 0) is 28.9 Å². The van der Waals surface area contributed by atoms with Gasteiger partial charge in [-0.3, -0.25) is 0 Å². The molecule has 9 heteroatoms. The third-order valence-corrected chi connectivity index (χ3v) is 6.63. The number of likely N-dealkylation sites (N-methyl/N-ethyl adjacent to an activating group) is 1. The van der Waals surface area contributed by atoms with Crippen LogP contribution in [0.15, 0.2) is 39.5 Å². The highest BCUT2D eigenvalue weighted by atomic mass is 17.2. The SMILES string of the molecule is CN(CCCn1nc(-c2cc(C(C)(C)C)c(O)c(C(C)(C)C)c2)oc1=O)CCOc1ccc2c(c1)OOC2. The molecule has 9 nitrogen and oxygen atoms in total. The molecule has 3 aromatic rings. The van der Waals surface area contributed by atoms with Crippen LogP contribution in [0.4, 0.5) is 0 Å². The predicted octanol–water partition coefficient (Wildman–Crippen LogP) is 5.03. The molecule has 2 aromatic carbocycles. The minimum atomic E-state index is -0.489. The molecular weight excluding hydrogens is 486 g/mol. The van der Waals surface area contributed by atoms with Crippen LogP contribution < -0.4 is 15.4 Å². The van der Waals surface area contributed by atoms with Gasteiger partial charge in [0.1, 0.15) is 24.7 Å². The van der Waals surface area contributed by atoms with Gasteiger partial charge in [-0.15, -0.1) is 5.10 Å². The largest absolute Gasteiger partial charge is 0.507 e. The van der Waals surface area contributed by atoms with Gasteiger partial charge in [0.05, 0.1) is 0 Å². The van der Waals surface area contributed by atoms with E-state index in [1.54, 1.807) is 0 Å². The zero-order valence-corrected chi connectivity index (χ0v) is 23.5. The Kier molecular flexibility index (Phi) is 7.90. The van der Waals surface area contributed by atoms with Crippen molar-refractivity contribution >= 4 is 0 Å². The van der Waals surface area contributed by atoms with Crippen LogP contribution in [0.25, 0.3) is 11.5 Å². The molecule has 2 heterocycles. The molecule has 0 fully saturated rings. The fourth-order valence-electron chi connectivity index (χ4n) is 4.37. The van der Waals surface area contributed by atoms with Crippen LogP contribution >= 0.6 is 0 Å². The summed E-state index contributed by atoms with van der Waals surface area (Å²) >= 11 is 0. The minimum absolute atomic E-state index is 0.261. The van der Waals surface area contributed by atoms with E-state index in [9.17, 15) is 9.90 Å². The number of hydrogen-bond acceptors (Lipinski definition) is 8. The second-order valence-corrected chi connectivity index (χ2v) is 11.9. The third-order valence-electron chi connectivity index (χ3n) is 6.63. The number of nitrogens with zero attached hydrogens (tertiary/aromatic N) is 3. The molecule has 0 atom stereocenters. The van der Waals surface area contributed by atoms with Crippen molar-refractivity contribution in [1.82, 2.24) is 14.7 Å². The van der Waals surface area contributed by atoms with Crippen molar-refractivity contribution in [2.75, 3.05) is 26.7 Å². The third kappa shape index (κ3) is 6.39. The van der Waals surface area contributed by atoms with Gasteiger partial charge in [-0.1, -0.05) is 41.5 Å². The summed E-state index contributed by atoms with van der Waals surface area (Å²) in [5.41, 5.74) is 2.70. The molecule has 0 saturated heterocycles. The normalized spacial score (nSPS) is 13.6. The van der Waals surface area contributed by atoms with Crippen LogP contribution in [0.1, 0.15) is 64.7 Å². The van der Waals surface area contributed by atoms with E-state index in [0.717, 1.165) is 42.0 Å². The number of aromatic hydroxyl groups is 1. The smallest absolute Gasteiger partial charge is 0.437 e. The predicted molar refractivity (Wildman–Crippen MR) is 145 cm³/mol. The Balaban J connectivity index is 1.35. The molecule has 0 unspecified atom stereocenters. The van der Waals surface area contributed by atoms with E-state index in [4.69, 9.17) is 18.9 Å². The zero-order chi connectivity index (χ0) is 27.7. The first kappa shape index (κ1) is 27.7. The first-order valence-corrected chi connectivity index (χ1v) is 13.0. The Morgan fingerprint density at radius 1 is 1.05 bits per heavy atom. The van der Waals surface area contributed by atoms with Crippen LogP contribution in [0.3, 0.4) is 0 Å². The van der Waals surface area contributed by atoms with Crippen molar-refractivity contribution in [1.29, 1.82) is 0 Å². The monoisotopic (exact) mass is 525 g/mol. The Hall–Kier alpha value is -3.30. The lowest BCUT2D eigenvalue weighted by molar-refractivity contribution is -0.194. The topological polar surface area (TPSA) is 99.2 Å². The molecular formula is C29H39N3O6. The average molecular weight is 526 g/mol. The highest BCUT2D eigenvalue weighted by molar-refractivity contribution is 5.62. The maximum atomic E-state index is 12.6. The summed E-state index contributed by atoms with van der Waals surface area (Å²) in [4.78, 5) is 24.8. The van der Waals surface area contributed by atoms with Gasteiger partial charge in [-0.2, -0.15) is 9.57 Å². The minimum Gasteiger partial charge on any atom is -0.507 e. The van der Waals surface area contributed by atoms with E-state index in [2.05, 4.69) is 10.00 Å². The number of rotatable bonds is 9. The Morgan fingerprint density at radius 2 is 1.74 bits per heavy atom. The van der Waals surface area contributed by atoms with E-state index < -0.39 is 5.76 Å². The highest BCUT2D eigenvalue weighted by Gasteiger charge is 2.28. The van der Waals surface area contributed by atoms with Crippen molar-refractivity contribution in [2.24, 2.45) is 0 Å². The van der Waals surface area contributed by atoms with Gasteiger partial charge in [0, 0.05) is 41.4 Å².